The van der Waals surface area contributed by atoms with Gasteiger partial charge in [0.1, 0.15) is 0 Å². The van der Waals surface area contributed by atoms with Crippen LogP contribution >= 0.6 is 23.2 Å². The molecule has 0 aliphatic rings. The van der Waals surface area contributed by atoms with Gasteiger partial charge < -0.3 is 9.47 Å². The normalized spacial score (nSPS) is 12.1. The van der Waals surface area contributed by atoms with E-state index in [1.807, 2.05) is 6.92 Å². The Kier molecular flexibility index (Phi) is 9.16. The number of carbonyl (C=O) groups excluding carboxylic acids is 2. The maximum absolute atomic E-state index is 12.4. The third kappa shape index (κ3) is 5.67. The number of unbranched alkanes of at least 4 members (excludes halogenated alkanes) is 1. The van der Waals surface area contributed by atoms with Crippen LogP contribution in [0.25, 0.3) is 0 Å². The largest absolute Gasteiger partial charge is 0.465 e. The quantitative estimate of drug-likeness (QED) is 0.450. The molecule has 6 heteroatoms. The Morgan fingerprint density at radius 3 is 2.08 bits per heavy atom. The summed E-state index contributed by atoms with van der Waals surface area (Å²) in [6.45, 7) is 5.85. The van der Waals surface area contributed by atoms with Crippen LogP contribution in [0.4, 0.5) is 0 Å². The molecule has 0 amide bonds. The van der Waals surface area contributed by atoms with Crippen LogP contribution in [-0.4, -0.2) is 25.2 Å². The molecule has 0 N–H and O–H groups in total. The smallest absolute Gasteiger partial charge is 0.320 e. The first-order valence-corrected chi connectivity index (χ1v) is 8.99. The monoisotopic (exact) mass is 374 g/mol. The molecule has 1 aromatic carbocycles. The summed E-state index contributed by atoms with van der Waals surface area (Å²) in [5.41, 5.74) is 0.709. The first kappa shape index (κ1) is 20.8. The minimum atomic E-state index is -1.03. The third-order valence-corrected chi connectivity index (χ3v) is 4.28. The van der Waals surface area contributed by atoms with Gasteiger partial charge in [-0.05, 0) is 38.0 Å². The van der Waals surface area contributed by atoms with Crippen molar-refractivity contribution in [2.24, 2.45) is 5.92 Å². The van der Waals surface area contributed by atoms with E-state index >= 15 is 0 Å². The van der Waals surface area contributed by atoms with Crippen LogP contribution in [0.15, 0.2) is 18.2 Å². The van der Waals surface area contributed by atoms with E-state index < -0.39 is 23.8 Å². The number of hydrogen-bond acceptors (Lipinski definition) is 4. The van der Waals surface area contributed by atoms with Crippen molar-refractivity contribution in [3.05, 3.63) is 33.8 Å². The number of carbonyl (C=O) groups is 2. The highest BCUT2D eigenvalue weighted by Gasteiger charge is 2.38. The molecule has 0 aliphatic heterocycles. The van der Waals surface area contributed by atoms with Gasteiger partial charge in [0.15, 0.2) is 5.92 Å². The molecule has 0 spiro atoms. The molecule has 0 bridgehead atoms. The molecule has 0 heterocycles. The van der Waals surface area contributed by atoms with Gasteiger partial charge in [-0.25, -0.2) is 0 Å². The van der Waals surface area contributed by atoms with Crippen LogP contribution in [0.1, 0.15) is 51.5 Å². The summed E-state index contributed by atoms with van der Waals surface area (Å²) in [6.07, 6.45) is 2.40. The number of benzene rings is 1. The molecule has 4 nitrogen and oxygen atoms in total. The van der Waals surface area contributed by atoms with Crippen molar-refractivity contribution in [1.82, 2.24) is 0 Å². The summed E-state index contributed by atoms with van der Waals surface area (Å²) in [5, 5.41) is 0.934. The molecule has 1 rings (SSSR count). The lowest BCUT2D eigenvalue weighted by atomic mass is 9.82. The second kappa shape index (κ2) is 10.6. The predicted molar refractivity (Wildman–Crippen MR) is 95.5 cm³/mol. The average Bonchev–Trinajstić information content (AvgIpc) is 2.52. The number of ether oxygens (including phenoxy) is 2. The fourth-order valence-corrected chi connectivity index (χ4v) is 3.17. The van der Waals surface area contributed by atoms with Gasteiger partial charge in [-0.3, -0.25) is 9.59 Å². The molecule has 1 unspecified atom stereocenters. The number of esters is 2. The van der Waals surface area contributed by atoms with Crippen LogP contribution in [-0.2, 0) is 19.1 Å². The highest BCUT2D eigenvalue weighted by Crippen LogP contribution is 2.37. The van der Waals surface area contributed by atoms with E-state index in [9.17, 15) is 9.59 Å². The highest BCUT2D eigenvalue weighted by molar-refractivity contribution is 6.35. The predicted octanol–water partition coefficient (Wildman–Crippen LogP) is 5.01. The second-order valence-corrected chi connectivity index (χ2v) is 6.24. The third-order valence-electron chi connectivity index (χ3n) is 3.71. The zero-order valence-electron chi connectivity index (χ0n) is 14.3. The summed E-state index contributed by atoms with van der Waals surface area (Å²) in [6, 6.07) is 5.08. The Bertz CT molecular complexity index is 542. The molecular weight excluding hydrogens is 351 g/mol. The number of rotatable bonds is 9. The standard InChI is InChI=1S/C18H24Cl2O4/c1-4-7-8-14(13-10-9-12(19)11-15(13)20)16(17(21)23-5-2)18(22)24-6-3/h9-11,14,16H,4-8H2,1-3H3. The van der Waals surface area contributed by atoms with Crippen molar-refractivity contribution in [1.29, 1.82) is 0 Å². The van der Waals surface area contributed by atoms with Crippen molar-refractivity contribution in [3.8, 4) is 0 Å². The van der Waals surface area contributed by atoms with Gasteiger partial charge >= 0.3 is 11.9 Å². The molecule has 1 aromatic rings. The van der Waals surface area contributed by atoms with Crippen molar-refractivity contribution in [2.45, 2.75) is 46.0 Å². The van der Waals surface area contributed by atoms with Gasteiger partial charge in [-0.1, -0.05) is 49.0 Å². The molecule has 1 atom stereocenters. The number of hydrogen-bond donors (Lipinski definition) is 0. The molecule has 0 saturated carbocycles. The molecule has 0 aromatic heterocycles. The molecule has 134 valence electrons. The maximum Gasteiger partial charge on any atom is 0.320 e. The number of halogens is 2. The lowest BCUT2D eigenvalue weighted by Gasteiger charge is -2.25. The maximum atomic E-state index is 12.4. The fourth-order valence-electron chi connectivity index (χ4n) is 2.62. The van der Waals surface area contributed by atoms with Crippen LogP contribution in [0.2, 0.25) is 10.0 Å². The van der Waals surface area contributed by atoms with Crippen molar-refractivity contribution < 1.29 is 19.1 Å². The van der Waals surface area contributed by atoms with E-state index in [0.29, 0.717) is 22.0 Å². The molecule has 24 heavy (non-hydrogen) atoms. The Hall–Kier alpha value is -1.26. The van der Waals surface area contributed by atoms with E-state index in [-0.39, 0.29) is 13.2 Å². The molecule has 0 aliphatic carbocycles. The van der Waals surface area contributed by atoms with Gasteiger partial charge in [0.05, 0.1) is 13.2 Å². The van der Waals surface area contributed by atoms with Gasteiger partial charge in [0, 0.05) is 16.0 Å². The molecular formula is C18H24Cl2O4. The van der Waals surface area contributed by atoms with E-state index in [0.717, 1.165) is 12.8 Å². The molecule has 0 fully saturated rings. The van der Waals surface area contributed by atoms with Crippen LogP contribution in [0, 0.1) is 5.92 Å². The lowest BCUT2D eigenvalue weighted by molar-refractivity contribution is -0.162. The minimum Gasteiger partial charge on any atom is -0.465 e. The van der Waals surface area contributed by atoms with Gasteiger partial charge in [0.2, 0.25) is 0 Å². The highest BCUT2D eigenvalue weighted by atomic mass is 35.5. The van der Waals surface area contributed by atoms with Crippen LogP contribution in [0.3, 0.4) is 0 Å². The van der Waals surface area contributed by atoms with Gasteiger partial charge in [-0.15, -0.1) is 0 Å². The fraction of sp³-hybridized carbons (Fsp3) is 0.556. The van der Waals surface area contributed by atoms with E-state index in [2.05, 4.69) is 0 Å². The first-order chi connectivity index (χ1) is 11.5. The Balaban J connectivity index is 3.28. The van der Waals surface area contributed by atoms with E-state index in [1.165, 1.54) is 0 Å². The summed E-state index contributed by atoms with van der Waals surface area (Å²) in [7, 11) is 0. The Morgan fingerprint density at radius 1 is 1.04 bits per heavy atom. The van der Waals surface area contributed by atoms with Crippen molar-refractivity contribution in [2.75, 3.05) is 13.2 Å². The Labute approximate surface area is 153 Å². The van der Waals surface area contributed by atoms with Crippen LogP contribution in [0.5, 0.6) is 0 Å². The van der Waals surface area contributed by atoms with E-state index in [4.69, 9.17) is 32.7 Å². The zero-order chi connectivity index (χ0) is 18.1. The zero-order valence-corrected chi connectivity index (χ0v) is 15.8. The topological polar surface area (TPSA) is 52.6 Å². The van der Waals surface area contributed by atoms with Gasteiger partial charge in [0.25, 0.3) is 0 Å². The van der Waals surface area contributed by atoms with Crippen LogP contribution < -0.4 is 0 Å². The van der Waals surface area contributed by atoms with Crippen molar-refractivity contribution in [3.63, 3.8) is 0 Å². The minimum absolute atomic E-state index is 0.198. The van der Waals surface area contributed by atoms with Crippen molar-refractivity contribution >= 4 is 35.1 Å². The summed E-state index contributed by atoms with van der Waals surface area (Å²) >= 11 is 12.3. The SMILES string of the molecule is CCCCC(c1ccc(Cl)cc1Cl)C(C(=O)OCC)C(=O)OCC. The summed E-state index contributed by atoms with van der Waals surface area (Å²) in [4.78, 5) is 24.8. The average molecular weight is 375 g/mol. The second-order valence-electron chi connectivity index (χ2n) is 5.40. The molecule has 0 radical (unpaired) electrons. The first-order valence-electron chi connectivity index (χ1n) is 8.24. The Morgan fingerprint density at radius 2 is 1.62 bits per heavy atom. The van der Waals surface area contributed by atoms with Gasteiger partial charge in [-0.2, -0.15) is 0 Å². The summed E-state index contributed by atoms with van der Waals surface area (Å²) in [5.74, 6) is -2.60. The lowest BCUT2D eigenvalue weighted by Crippen LogP contribution is -2.33. The summed E-state index contributed by atoms with van der Waals surface area (Å²) < 4.78 is 10.2. The molecule has 0 saturated heterocycles. The van der Waals surface area contributed by atoms with E-state index in [1.54, 1.807) is 32.0 Å².